The molecule has 1 saturated heterocycles. The topological polar surface area (TPSA) is 58.2 Å². The zero-order chi connectivity index (χ0) is 14.6. The summed E-state index contributed by atoms with van der Waals surface area (Å²) in [5.41, 5.74) is 0.211. The van der Waals surface area contributed by atoms with Crippen LogP contribution in [0.3, 0.4) is 0 Å². The van der Waals surface area contributed by atoms with Gasteiger partial charge in [0.15, 0.2) is 0 Å². The summed E-state index contributed by atoms with van der Waals surface area (Å²) in [5, 5.41) is 2.50. The molecule has 8 heteroatoms. The van der Waals surface area contributed by atoms with Crippen LogP contribution in [0.4, 0.5) is 14.5 Å². The number of anilines is 1. The number of piperidine rings is 1. The Morgan fingerprint density at radius 1 is 1.35 bits per heavy atom. The van der Waals surface area contributed by atoms with E-state index in [0.717, 1.165) is 13.0 Å². The quantitative estimate of drug-likeness (QED) is 0.818. The van der Waals surface area contributed by atoms with E-state index in [1.54, 1.807) is 12.1 Å². The highest BCUT2D eigenvalue weighted by Crippen LogP contribution is 2.32. The number of hydrogen-bond donors (Lipinski definition) is 2. The molecule has 0 spiro atoms. The molecule has 4 nitrogen and oxygen atoms in total. The summed E-state index contributed by atoms with van der Waals surface area (Å²) in [4.78, 5) is 0.231. The van der Waals surface area contributed by atoms with E-state index >= 15 is 0 Å². The molecular formula is C12H16F2N2O2S2. The Morgan fingerprint density at radius 2 is 2.10 bits per heavy atom. The van der Waals surface area contributed by atoms with Crippen LogP contribution in [0.1, 0.15) is 12.8 Å². The van der Waals surface area contributed by atoms with Gasteiger partial charge in [-0.15, -0.1) is 0 Å². The Kier molecular flexibility index (Phi) is 5.22. The van der Waals surface area contributed by atoms with Gasteiger partial charge in [-0.05, 0) is 31.5 Å². The molecule has 2 rings (SSSR count). The second kappa shape index (κ2) is 6.73. The number of para-hydroxylation sites is 1. The minimum absolute atomic E-state index is 0.211. The molecule has 2 N–H and O–H groups in total. The van der Waals surface area contributed by atoms with Gasteiger partial charge in [-0.1, -0.05) is 23.9 Å². The number of hydrogen-bond acceptors (Lipinski definition) is 4. The molecule has 0 saturated carbocycles. The summed E-state index contributed by atoms with van der Waals surface area (Å²) in [7, 11) is -3.57. The van der Waals surface area contributed by atoms with Crippen LogP contribution >= 0.6 is 11.8 Å². The van der Waals surface area contributed by atoms with Crippen molar-refractivity contribution in [3.8, 4) is 0 Å². The predicted octanol–water partition coefficient (Wildman–Crippen LogP) is 2.50. The molecule has 0 bridgehead atoms. The molecular weight excluding hydrogens is 306 g/mol. The molecule has 1 atom stereocenters. The second-order valence-electron chi connectivity index (χ2n) is 4.49. The van der Waals surface area contributed by atoms with Gasteiger partial charge in [0, 0.05) is 11.4 Å². The molecule has 0 amide bonds. The number of sulfonamides is 1. The molecule has 1 aliphatic rings. The van der Waals surface area contributed by atoms with Crippen LogP contribution in [0.2, 0.25) is 0 Å². The normalized spacial score (nSPS) is 20.1. The zero-order valence-electron chi connectivity index (χ0n) is 10.7. The fourth-order valence-electron chi connectivity index (χ4n) is 2.07. The number of benzene rings is 1. The maximum absolute atomic E-state index is 12.5. The van der Waals surface area contributed by atoms with Gasteiger partial charge in [0.25, 0.3) is 5.76 Å². The number of alkyl halides is 2. The van der Waals surface area contributed by atoms with E-state index in [0.29, 0.717) is 24.7 Å². The van der Waals surface area contributed by atoms with Gasteiger partial charge in [0.1, 0.15) is 0 Å². The lowest BCUT2D eigenvalue weighted by Gasteiger charge is -2.24. The summed E-state index contributed by atoms with van der Waals surface area (Å²) in [6.07, 6.45) is 1.37. The van der Waals surface area contributed by atoms with Gasteiger partial charge in [-0.3, -0.25) is 4.72 Å². The molecule has 112 valence electrons. The van der Waals surface area contributed by atoms with Crippen molar-refractivity contribution < 1.29 is 17.2 Å². The first-order valence-corrected chi connectivity index (χ1v) is 8.68. The van der Waals surface area contributed by atoms with E-state index in [9.17, 15) is 17.2 Å². The van der Waals surface area contributed by atoms with E-state index in [-0.39, 0.29) is 10.6 Å². The fourth-order valence-corrected chi connectivity index (χ4v) is 4.20. The van der Waals surface area contributed by atoms with Crippen molar-refractivity contribution in [1.29, 1.82) is 0 Å². The van der Waals surface area contributed by atoms with Gasteiger partial charge >= 0.3 is 0 Å². The maximum Gasteiger partial charge on any atom is 0.288 e. The molecule has 1 heterocycles. The Labute approximate surface area is 121 Å². The fraction of sp³-hybridized carbons (Fsp3) is 0.500. The average Bonchev–Trinajstić information content (AvgIpc) is 2.41. The molecule has 1 fully saturated rings. The lowest BCUT2D eigenvalue weighted by molar-refractivity contribution is 0.252. The van der Waals surface area contributed by atoms with E-state index in [1.165, 1.54) is 12.1 Å². The maximum atomic E-state index is 12.5. The lowest BCUT2D eigenvalue weighted by Crippen LogP contribution is -2.41. The highest BCUT2D eigenvalue weighted by Gasteiger charge is 2.27. The molecule has 0 aromatic heterocycles. The highest BCUT2D eigenvalue weighted by atomic mass is 32.2. The Balaban J connectivity index is 2.16. The van der Waals surface area contributed by atoms with E-state index < -0.39 is 21.0 Å². The smallest absolute Gasteiger partial charge is 0.288 e. The van der Waals surface area contributed by atoms with Crippen LogP contribution in [0.15, 0.2) is 29.2 Å². The predicted molar refractivity (Wildman–Crippen MR) is 76.7 cm³/mol. The summed E-state index contributed by atoms with van der Waals surface area (Å²) >= 11 is 0.336. The molecule has 1 aromatic rings. The Hall–Kier alpha value is -0.860. The van der Waals surface area contributed by atoms with Crippen molar-refractivity contribution in [3.05, 3.63) is 24.3 Å². The van der Waals surface area contributed by atoms with Gasteiger partial charge in [0.05, 0.1) is 10.9 Å². The number of rotatable bonds is 5. The first-order chi connectivity index (χ1) is 9.49. The van der Waals surface area contributed by atoms with Crippen LogP contribution in [0.5, 0.6) is 0 Å². The average molecular weight is 322 g/mol. The van der Waals surface area contributed by atoms with Crippen LogP contribution < -0.4 is 10.0 Å². The summed E-state index contributed by atoms with van der Waals surface area (Å²) in [6, 6.07) is 6.20. The van der Waals surface area contributed by atoms with E-state index in [4.69, 9.17) is 0 Å². The van der Waals surface area contributed by atoms with Gasteiger partial charge in [0.2, 0.25) is 10.0 Å². The van der Waals surface area contributed by atoms with E-state index in [2.05, 4.69) is 10.0 Å². The molecule has 0 radical (unpaired) electrons. The van der Waals surface area contributed by atoms with Crippen molar-refractivity contribution in [2.45, 2.75) is 28.7 Å². The van der Waals surface area contributed by atoms with E-state index in [1.807, 2.05) is 0 Å². The second-order valence-corrected chi connectivity index (χ2v) is 7.48. The molecule has 1 aromatic carbocycles. The van der Waals surface area contributed by atoms with Crippen LogP contribution in [0, 0.1) is 0 Å². The zero-order valence-corrected chi connectivity index (χ0v) is 12.3. The van der Waals surface area contributed by atoms with Crippen molar-refractivity contribution in [1.82, 2.24) is 5.32 Å². The third-order valence-corrected chi connectivity index (χ3v) is 5.62. The monoisotopic (exact) mass is 322 g/mol. The van der Waals surface area contributed by atoms with Gasteiger partial charge in [-0.25, -0.2) is 8.42 Å². The molecule has 1 unspecified atom stereocenters. The Morgan fingerprint density at radius 3 is 2.75 bits per heavy atom. The summed E-state index contributed by atoms with van der Waals surface area (Å²) in [6.45, 7) is 1.20. The molecule has 20 heavy (non-hydrogen) atoms. The van der Waals surface area contributed by atoms with Crippen molar-refractivity contribution in [2.75, 3.05) is 17.8 Å². The SMILES string of the molecule is O=S(=O)(Nc1ccccc1SC(F)F)C1CCCNC1. The first kappa shape index (κ1) is 15.5. The first-order valence-electron chi connectivity index (χ1n) is 6.25. The Bertz CT molecular complexity index is 546. The summed E-state index contributed by atoms with van der Waals surface area (Å²) in [5.74, 6) is -2.59. The van der Waals surface area contributed by atoms with Crippen molar-refractivity contribution >= 4 is 27.5 Å². The standard InChI is InChI=1S/C12H16F2N2O2S2/c13-12(14)19-11-6-2-1-5-10(11)16-20(17,18)9-4-3-7-15-8-9/h1-2,5-6,9,12,15-16H,3-4,7-8H2. The number of nitrogens with one attached hydrogen (secondary N) is 2. The van der Waals surface area contributed by atoms with Crippen LogP contribution in [0.25, 0.3) is 0 Å². The van der Waals surface area contributed by atoms with Gasteiger partial charge < -0.3 is 5.32 Å². The minimum atomic E-state index is -3.57. The minimum Gasteiger partial charge on any atom is -0.315 e. The van der Waals surface area contributed by atoms with Crippen molar-refractivity contribution in [2.24, 2.45) is 0 Å². The van der Waals surface area contributed by atoms with Crippen LogP contribution in [-0.4, -0.2) is 32.5 Å². The third kappa shape index (κ3) is 4.07. The number of halogens is 2. The number of thioether (sulfide) groups is 1. The largest absolute Gasteiger partial charge is 0.315 e. The summed E-state index contributed by atoms with van der Waals surface area (Å²) < 4.78 is 51.9. The highest BCUT2D eigenvalue weighted by molar-refractivity contribution is 8.00. The molecule has 1 aliphatic heterocycles. The van der Waals surface area contributed by atoms with Crippen LogP contribution in [-0.2, 0) is 10.0 Å². The third-order valence-electron chi connectivity index (χ3n) is 3.05. The lowest BCUT2D eigenvalue weighted by atomic mass is 10.2. The molecule has 0 aliphatic carbocycles. The van der Waals surface area contributed by atoms with Crippen molar-refractivity contribution in [3.63, 3.8) is 0 Å². The van der Waals surface area contributed by atoms with Gasteiger partial charge in [-0.2, -0.15) is 8.78 Å².